The number of halogens is 2. The maximum Gasteiger partial charge on any atom is 0.191 e. The van der Waals surface area contributed by atoms with Crippen molar-refractivity contribution in [2.45, 2.75) is 13.0 Å². The molecule has 3 heterocycles. The Bertz CT molecular complexity index is 1100. The number of imidazole rings is 1. The Morgan fingerprint density at radius 3 is 2.87 bits per heavy atom. The third kappa shape index (κ3) is 5.15. The van der Waals surface area contributed by atoms with Crippen molar-refractivity contribution in [3.05, 3.63) is 78.4 Å². The van der Waals surface area contributed by atoms with Crippen molar-refractivity contribution in [2.24, 2.45) is 4.99 Å². The summed E-state index contributed by atoms with van der Waals surface area (Å²) in [6.07, 6.45) is 9.80. The van der Waals surface area contributed by atoms with Crippen molar-refractivity contribution in [3.63, 3.8) is 0 Å². The Morgan fingerprint density at radius 2 is 2.13 bits per heavy atom. The predicted octanol–water partition coefficient (Wildman–Crippen LogP) is 3.41. The number of nitrogens with one attached hydrogen (secondary N) is 3. The van der Waals surface area contributed by atoms with Gasteiger partial charge in [0.25, 0.3) is 0 Å². The van der Waals surface area contributed by atoms with E-state index < -0.39 is 0 Å². The van der Waals surface area contributed by atoms with Crippen LogP contribution in [0.5, 0.6) is 0 Å². The summed E-state index contributed by atoms with van der Waals surface area (Å²) in [5.74, 6) is 1.30. The van der Waals surface area contributed by atoms with Crippen LogP contribution in [0.2, 0.25) is 0 Å². The fraction of sp³-hybridized carbons (Fsp3) is 0.190. The smallest absolute Gasteiger partial charge is 0.191 e. The SMILES string of the molecule is CN=C(NCCc1c[nH]c2ccc(F)cc12)NCc1ccc(-n2ccnc2)nc1.I. The molecule has 0 aliphatic rings. The van der Waals surface area contributed by atoms with E-state index in [1.165, 1.54) is 6.07 Å². The number of pyridine rings is 1. The third-order valence-electron chi connectivity index (χ3n) is 4.68. The van der Waals surface area contributed by atoms with Crippen LogP contribution in [0.4, 0.5) is 4.39 Å². The van der Waals surface area contributed by atoms with Crippen LogP contribution in [0.25, 0.3) is 16.7 Å². The van der Waals surface area contributed by atoms with Crippen molar-refractivity contribution in [1.82, 2.24) is 30.2 Å². The van der Waals surface area contributed by atoms with E-state index >= 15 is 0 Å². The minimum atomic E-state index is -0.226. The van der Waals surface area contributed by atoms with Crippen molar-refractivity contribution < 1.29 is 4.39 Å². The number of fused-ring (bicyclic) bond motifs is 1. The summed E-state index contributed by atoms with van der Waals surface area (Å²) < 4.78 is 15.4. The molecule has 0 spiro atoms. The van der Waals surface area contributed by atoms with Crippen LogP contribution >= 0.6 is 24.0 Å². The van der Waals surface area contributed by atoms with Gasteiger partial charge in [0.1, 0.15) is 18.0 Å². The summed E-state index contributed by atoms with van der Waals surface area (Å²) in [4.78, 5) is 15.9. The van der Waals surface area contributed by atoms with Crippen LogP contribution in [0.1, 0.15) is 11.1 Å². The number of rotatable bonds is 6. The fourth-order valence-electron chi connectivity index (χ4n) is 3.15. The van der Waals surface area contributed by atoms with E-state index in [1.54, 1.807) is 31.7 Å². The van der Waals surface area contributed by atoms with Crippen LogP contribution in [0, 0.1) is 5.82 Å². The van der Waals surface area contributed by atoms with E-state index in [4.69, 9.17) is 0 Å². The molecule has 0 radical (unpaired) electrons. The average Bonchev–Trinajstić information content (AvgIpc) is 3.41. The first-order valence-electron chi connectivity index (χ1n) is 9.36. The molecule has 0 amide bonds. The highest BCUT2D eigenvalue weighted by molar-refractivity contribution is 14.0. The van der Waals surface area contributed by atoms with Crippen LogP contribution in [0.3, 0.4) is 0 Å². The van der Waals surface area contributed by atoms with Gasteiger partial charge in [-0.05, 0) is 41.8 Å². The van der Waals surface area contributed by atoms with E-state index in [0.717, 1.165) is 34.3 Å². The van der Waals surface area contributed by atoms with E-state index in [1.807, 2.05) is 35.3 Å². The number of aromatic amines is 1. The number of benzene rings is 1. The zero-order chi connectivity index (χ0) is 20.1. The van der Waals surface area contributed by atoms with Gasteiger partial charge in [-0.2, -0.15) is 0 Å². The summed E-state index contributed by atoms with van der Waals surface area (Å²) in [5, 5.41) is 7.48. The topological polar surface area (TPSA) is 82.9 Å². The maximum atomic E-state index is 13.5. The Balaban J connectivity index is 0.00000256. The number of aliphatic imine (C=N–C) groups is 1. The fourth-order valence-corrected chi connectivity index (χ4v) is 3.15. The molecule has 7 nitrogen and oxygen atoms in total. The third-order valence-corrected chi connectivity index (χ3v) is 4.68. The lowest BCUT2D eigenvalue weighted by molar-refractivity contribution is 0.629. The van der Waals surface area contributed by atoms with Gasteiger partial charge in [-0.3, -0.25) is 9.56 Å². The number of aromatic nitrogens is 4. The maximum absolute atomic E-state index is 13.5. The van der Waals surface area contributed by atoms with Crippen molar-refractivity contribution >= 4 is 40.8 Å². The van der Waals surface area contributed by atoms with Crippen molar-refractivity contribution in [3.8, 4) is 5.82 Å². The van der Waals surface area contributed by atoms with Gasteiger partial charge in [0.05, 0.1) is 0 Å². The molecule has 0 saturated heterocycles. The number of hydrogen-bond donors (Lipinski definition) is 3. The van der Waals surface area contributed by atoms with Crippen LogP contribution in [0.15, 0.2) is 66.4 Å². The molecule has 156 valence electrons. The molecule has 0 saturated carbocycles. The summed E-state index contributed by atoms with van der Waals surface area (Å²) in [6.45, 7) is 1.29. The lowest BCUT2D eigenvalue weighted by atomic mass is 10.1. The molecule has 1 aromatic carbocycles. The Labute approximate surface area is 190 Å². The van der Waals surface area contributed by atoms with E-state index in [9.17, 15) is 4.39 Å². The van der Waals surface area contributed by atoms with E-state index in [0.29, 0.717) is 19.0 Å². The zero-order valence-electron chi connectivity index (χ0n) is 16.5. The quantitative estimate of drug-likeness (QED) is 0.207. The molecule has 0 aliphatic carbocycles. The molecule has 9 heteroatoms. The van der Waals surface area contributed by atoms with Gasteiger partial charge in [-0.25, -0.2) is 14.4 Å². The molecule has 4 rings (SSSR count). The Kier molecular flexibility index (Phi) is 7.39. The van der Waals surface area contributed by atoms with Gasteiger partial charge < -0.3 is 15.6 Å². The van der Waals surface area contributed by atoms with Gasteiger partial charge in [-0.1, -0.05) is 6.07 Å². The highest BCUT2D eigenvalue weighted by atomic mass is 127. The molecule has 0 bridgehead atoms. The first-order chi connectivity index (χ1) is 14.2. The summed E-state index contributed by atoms with van der Waals surface area (Å²) in [7, 11) is 1.73. The molecular weight excluding hydrogens is 496 g/mol. The Hall–Kier alpha value is -2.95. The molecule has 0 fully saturated rings. The first kappa shape index (κ1) is 21.8. The van der Waals surface area contributed by atoms with Crippen LogP contribution in [-0.4, -0.2) is 39.1 Å². The number of nitrogens with zero attached hydrogens (tertiary/aromatic N) is 4. The summed E-state index contributed by atoms with van der Waals surface area (Å²) >= 11 is 0. The molecule has 0 aliphatic heterocycles. The van der Waals surface area contributed by atoms with Gasteiger partial charge in [0.15, 0.2) is 5.96 Å². The van der Waals surface area contributed by atoms with Gasteiger partial charge >= 0.3 is 0 Å². The standard InChI is InChI=1S/C21H22FN7.HI/c1-23-21(25-7-6-16-13-26-19-4-3-17(22)10-18(16)19)28-12-15-2-5-20(27-11-15)29-9-8-24-14-29;/h2-5,8-11,13-14,26H,6-7,12H2,1H3,(H2,23,25,28);1H. The lowest BCUT2D eigenvalue weighted by Crippen LogP contribution is -2.37. The number of guanidine groups is 1. The minimum absolute atomic E-state index is 0. The van der Waals surface area contributed by atoms with Crippen LogP contribution < -0.4 is 10.6 Å². The highest BCUT2D eigenvalue weighted by Gasteiger charge is 2.06. The van der Waals surface area contributed by atoms with Crippen molar-refractivity contribution in [2.75, 3.05) is 13.6 Å². The molecule has 4 aromatic rings. The molecule has 30 heavy (non-hydrogen) atoms. The second-order valence-corrected chi connectivity index (χ2v) is 6.60. The van der Waals surface area contributed by atoms with Gasteiger partial charge in [0.2, 0.25) is 0 Å². The average molecular weight is 519 g/mol. The second kappa shape index (κ2) is 10.2. The Morgan fingerprint density at radius 1 is 1.23 bits per heavy atom. The normalized spacial score (nSPS) is 11.3. The number of H-pyrrole nitrogens is 1. The highest BCUT2D eigenvalue weighted by Crippen LogP contribution is 2.19. The predicted molar refractivity (Wildman–Crippen MR) is 127 cm³/mol. The molecule has 0 unspecified atom stereocenters. The van der Waals surface area contributed by atoms with Crippen LogP contribution in [-0.2, 0) is 13.0 Å². The summed E-state index contributed by atoms with van der Waals surface area (Å²) in [5.41, 5.74) is 3.06. The van der Waals surface area contributed by atoms with E-state index in [-0.39, 0.29) is 29.8 Å². The van der Waals surface area contributed by atoms with E-state index in [2.05, 4.69) is 30.6 Å². The lowest BCUT2D eigenvalue weighted by Gasteiger charge is -2.12. The largest absolute Gasteiger partial charge is 0.361 e. The monoisotopic (exact) mass is 519 g/mol. The molecule has 3 aromatic heterocycles. The second-order valence-electron chi connectivity index (χ2n) is 6.60. The molecular formula is C21H23FIN7. The molecule has 0 atom stereocenters. The minimum Gasteiger partial charge on any atom is -0.361 e. The first-order valence-corrected chi connectivity index (χ1v) is 9.36. The zero-order valence-corrected chi connectivity index (χ0v) is 18.8. The molecule has 3 N–H and O–H groups in total. The van der Waals surface area contributed by atoms with Gasteiger partial charge in [0, 0.05) is 55.8 Å². The van der Waals surface area contributed by atoms with Gasteiger partial charge in [-0.15, -0.1) is 24.0 Å². The van der Waals surface area contributed by atoms with Crippen molar-refractivity contribution in [1.29, 1.82) is 0 Å². The number of hydrogen-bond acceptors (Lipinski definition) is 3. The summed E-state index contributed by atoms with van der Waals surface area (Å²) in [6, 6.07) is 8.75.